The predicted octanol–water partition coefficient (Wildman–Crippen LogP) is 1.79. The molecule has 1 aromatic heterocycles. The van der Waals surface area contributed by atoms with Crippen molar-refractivity contribution in [3.05, 3.63) is 17.6 Å². The minimum absolute atomic E-state index is 0.0615. The summed E-state index contributed by atoms with van der Waals surface area (Å²) >= 11 is 0. The summed E-state index contributed by atoms with van der Waals surface area (Å²) in [5.74, 6) is 1.58. The monoisotopic (exact) mass is 195 g/mol. The molecular formula is C10H17N3O. The molecule has 4 nitrogen and oxygen atoms in total. The number of ether oxygens (including phenoxy) is 1. The Morgan fingerprint density at radius 2 is 2.21 bits per heavy atom. The molecule has 78 valence electrons. The van der Waals surface area contributed by atoms with Gasteiger partial charge in [-0.2, -0.15) is 0 Å². The van der Waals surface area contributed by atoms with Gasteiger partial charge < -0.3 is 10.1 Å². The molecule has 0 fully saturated rings. The summed E-state index contributed by atoms with van der Waals surface area (Å²) in [6.07, 6.45) is 0.842. The second-order valence-electron chi connectivity index (χ2n) is 3.08. The van der Waals surface area contributed by atoms with E-state index in [1.807, 2.05) is 20.0 Å². The number of methoxy groups -OCH3 is 1. The van der Waals surface area contributed by atoms with Crippen LogP contribution >= 0.6 is 0 Å². The first-order chi connectivity index (χ1) is 6.71. The molecule has 0 aliphatic heterocycles. The first-order valence-electron chi connectivity index (χ1n) is 4.79. The van der Waals surface area contributed by atoms with E-state index < -0.39 is 0 Å². The summed E-state index contributed by atoms with van der Waals surface area (Å²) in [6.45, 7) is 4.01. The maximum atomic E-state index is 5.18. The molecule has 0 aromatic carbocycles. The second-order valence-corrected chi connectivity index (χ2v) is 3.08. The van der Waals surface area contributed by atoms with Crippen LogP contribution < -0.4 is 5.32 Å². The molecule has 0 spiro atoms. The van der Waals surface area contributed by atoms with E-state index >= 15 is 0 Å². The molecule has 0 amide bonds. The van der Waals surface area contributed by atoms with Crippen LogP contribution in [0.4, 0.5) is 5.82 Å². The number of aryl methyl sites for hydroxylation is 1. The van der Waals surface area contributed by atoms with Crippen LogP contribution in [0.15, 0.2) is 6.07 Å². The molecular weight excluding hydrogens is 178 g/mol. The van der Waals surface area contributed by atoms with Gasteiger partial charge in [0.25, 0.3) is 0 Å². The Hall–Kier alpha value is -1.16. The van der Waals surface area contributed by atoms with E-state index in [9.17, 15) is 0 Å². The zero-order valence-corrected chi connectivity index (χ0v) is 9.16. The Kier molecular flexibility index (Phi) is 3.83. The molecule has 0 radical (unpaired) electrons. The van der Waals surface area contributed by atoms with Crippen LogP contribution in [0.25, 0.3) is 0 Å². The Morgan fingerprint density at radius 1 is 1.50 bits per heavy atom. The molecule has 0 aliphatic rings. The molecule has 1 atom stereocenters. The summed E-state index contributed by atoms with van der Waals surface area (Å²) < 4.78 is 5.18. The molecule has 14 heavy (non-hydrogen) atoms. The molecule has 0 bridgehead atoms. The molecule has 1 aromatic rings. The van der Waals surface area contributed by atoms with Crippen LogP contribution in [0.3, 0.4) is 0 Å². The maximum Gasteiger partial charge on any atom is 0.159 e. The standard InChI is InChI=1S/C10H17N3O/c1-5-8-6-9(11-3)13-10(12-8)7(2)14-4/h6-7H,5H2,1-4H3,(H,11,12,13). The van der Waals surface area contributed by atoms with Crippen molar-refractivity contribution in [1.82, 2.24) is 9.97 Å². The number of hydrogen-bond acceptors (Lipinski definition) is 4. The van der Waals surface area contributed by atoms with E-state index in [0.717, 1.165) is 23.8 Å². The van der Waals surface area contributed by atoms with Gasteiger partial charge in [0.05, 0.1) is 0 Å². The van der Waals surface area contributed by atoms with Crippen molar-refractivity contribution < 1.29 is 4.74 Å². The molecule has 4 heteroatoms. The number of aromatic nitrogens is 2. The van der Waals surface area contributed by atoms with Gasteiger partial charge in [-0.15, -0.1) is 0 Å². The summed E-state index contributed by atoms with van der Waals surface area (Å²) in [4.78, 5) is 8.72. The van der Waals surface area contributed by atoms with Gasteiger partial charge in [0.1, 0.15) is 11.9 Å². The quantitative estimate of drug-likeness (QED) is 0.795. The molecule has 0 saturated heterocycles. The molecule has 0 aliphatic carbocycles. The predicted molar refractivity (Wildman–Crippen MR) is 56.4 cm³/mol. The third-order valence-corrected chi connectivity index (χ3v) is 2.13. The number of anilines is 1. The average Bonchev–Trinajstić information content (AvgIpc) is 2.27. The van der Waals surface area contributed by atoms with Gasteiger partial charge in [-0.05, 0) is 13.3 Å². The highest BCUT2D eigenvalue weighted by Crippen LogP contribution is 2.14. The van der Waals surface area contributed by atoms with Gasteiger partial charge >= 0.3 is 0 Å². The van der Waals surface area contributed by atoms with Crippen LogP contribution in [-0.2, 0) is 11.2 Å². The molecule has 1 N–H and O–H groups in total. The lowest BCUT2D eigenvalue weighted by molar-refractivity contribution is 0.112. The fourth-order valence-electron chi connectivity index (χ4n) is 1.11. The van der Waals surface area contributed by atoms with Gasteiger partial charge in [-0.3, -0.25) is 0 Å². The first-order valence-corrected chi connectivity index (χ1v) is 4.79. The van der Waals surface area contributed by atoms with E-state index in [-0.39, 0.29) is 6.10 Å². The second kappa shape index (κ2) is 4.91. The van der Waals surface area contributed by atoms with Crippen LogP contribution in [0.2, 0.25) is 0 Å². The molecule has 1 rings (SSSR count). The number of nitrogens with zero attached hydrogens (tertiary/aromatic N) is 2. The number of hydrogen-bond donors (Lipinski definition) is 1. The number of rotatable bonds is 4. The highest BCUT2D eigenvalue weighted by atomic mass is 16.5. The lowest BCUT2D eigenvalue weighted by Gasteiger charge is -2.11. The minimum Gasteiger partial charge on any atom is -0.374 e. The highest BCUT2D eigenvalue weighted by Gasteiger charge is 2.09. The SMILES string of the molecule is CCc1cc(NC)nc(C(C)OC)n1. The first kappa shape index (κ1) is 10.9. The van der Waals surface area contributed by atoms with Gasteiger partial charge in [-0.1, -0.05) is 6.92 Å². The summed E-state index contributed by atoms with van der Waals surface area (Å²) in [5, 5.41) is 3.01. The van der Waals surface area contributed by atoms with Gasteiger partial charge in [0, 0.05) is 25.9 Å². The van der Waals surface area contributed by atoms with Crippen LogP contribution in [-0.4, -0.2) is 24.1 Å². The van der Waals surface area contributed by atoms with Crippen molar-refractivity contribution >= 4 is 5.82 Å². The smallest absolute Gasteiger partial charge is 0.159 e. The zero-order valence-electron chi connectivity index (χ0n) is 9.16. The van der Waals surface area contributed by atoms with Crippen molar-refractivity contribution in [2.75, 3.05) is 19.5 Å². The Bertz CT molecular complexity index is 279. The lowest BCUT2D eigenvalue weighted by atomic mass is 10.3. The van der Waals surface area contributed by atoms with E-state index in [0.29, 0.717) is 0 Å². The average molecular weight is 195 g/mol. The summed E-state index contributed by atoms with van der Waals surface area (Å²) in [5.41, 5.74) is 1.03. The largest absolute Gasteiger partial charge is 0.374 e. The highest BCUT2D eigenvalue weighted by molar-refractivity contribution is 5.35. The summed E-state index contributed by atoms with van der Waals surface area (Å²) in [6, 6.07) is 1.95. The van der Waals surface area contributed by atoms with Crippen molar-refractivity contribution in [2.45, 2.75) is 26.4 Å². The van der Waals surface area contributed by atoms with Crippen LogP contribution in [0, 0.1) is 0 Å². The maximum absolute atomic E-state index is 5.18. The van der Waals surface area contributed by atoms with E-state index in [2.05, 4.69) is 22.2 Å². The zero-order chi connectivity index (χ0) is 10.6. The fraction of sp³-hybridized carbons (Fsp3) is 0.600. The molecule has 0 saturated carbocycles. The van der Waals surface area contributed by atoms with Gasteiger partial charge in [0.15, 0.2) is 5.82 Å². The van der Waals surface area contributed by atoms with Crippen molar-refractivity contribution in [2.24, 2.45) is 0 Å². The normalized spacial score (nSPS) is 12.6. The van der Waals surface area contributed by atoms with Crippen LogP contribution in [0.5, 0.6) is 0 Å². The van der Waals surface area contributed by atoms with Gasteiger partial charge in [0.2, 0.25) is 0 Å². The fourth-order valence-corrected chi connectivity index (χ4v) is 1.11. The summed E-state index contributed by atoms with van der Waals surface area (Å²) in [7, 11) is 3.51. The molecule has 1 heterocycles. The Labute approximate surface area is 84.7 Å². The topological polar surface area (TPSA) is 47.0 Å². The van der Waals surface area contributed by atoms with E-state index in [4.69, 9.17) is 4.74 Å². The third kappa shape index (κ3) is 2.42. The van der Waals surface area contributed by atoms with Crippen molar-refractivity contribution in [3.8, 4) is 0 Å². The Morgan fingerprint density at radius 3 is 2.71 bits per heavy atom. The third-order valence-electron chi connectivity index (χ3n) is 2.13. The van der Waals surface area contributed by atoms with Crippen LogP contribution in [0.1, 0.15) is 31.5 Å². The van der Waals surface area contributed by atoms with E-state index in [1.54, 1.807) is 7.11 Å². The Balaban J connectivity index is 3.04. The van der Waals surface area contributed by atoms with Crippen molar-refractivity contribution in [3.63, 3.8) is 0 Å². The lowest BCUT2D eigenvalue weighted by Crippen LogP contribution is -2.07. The van der Waals surface area contributed by atoms with E-state index in [1.165, 1.54) is 0 Å². The number of nitrogens with one attached hydrogen (secondary N) is 1. The minimum atomic E-state index is -0.0615. The van der Waals surface area contributed by atoms with Crippen molar-refractivity contribution in [1.29, 1.82) is 0 Å². The van der Waals surface area contributed by atoms with Gasteiger partial charge in [-0.25, -0.2) is 9.97 Å². The molecule has 1 unspecified atom stereocenters.